The van der Waals surface area contributed by atoms with Gasteiger partial charge in [-0.25, -0.2) is 0 Å². The summed E-state index contributed by atoms with van der Waals surface area (Å²) < 4.78 is 0. The molecule has 0 amide bonds. The lowest BCUT2D eigenvalue weighted by molar-refractivity contribution is 0.0479. The molecule has 2 saturated carbocycles. The van der Waals surface area contributed by atoms with E-state index >= 15 is 0 Å². The number of hydrogen-bond acceptors (Lipinski definition) is 1. The summed E-state index contributed by atoms with van der Waals surface area (Å²) in [5.74, 6) is 1.98. The van der Waals surface area contributed by atoms with Gasteiger partial charge in [0.25, 0.3) is 0 Å². The van der Waals surface area contributed by atoms with Crippen molar-refractivity contribution in [2.24, 2.45) is 17.3 Å². The van der Waals surface area contributed by atoms with Crippen LogP contribution >= 0.6 is 0 Å². The molecular formula is C12H22O. The van der Waals surface area contributed by atoms with Gasteiger partial charge in [0.1, 0.15) is 0 Å². The highest BCUT2D eigenvalue weighted by Crippen LogP contribution is 2.49. The zero-order chi connectivity index (χ0) is 9.31. The van der Waals surface area contributed by atoms with Crippen LogP contribution in [0.5, 0.6) is 0 Å². The quantitative estimate of drug-likeness (QED) is 0.696. The highest BCUT2D eigenvalue weighted by Gasteiger charge is 2.38. The Kier molecular flexibility index (Phi) is 2.64. The molecule has 0 aromatic heterocycles. The molecule has 0 aliphatic heterocycles. The molecule has 1 heteroatoms. The summed E-state index contributed by atoms with van der Waals surface area (Å²) in [5, 5.41) is 9.05. The summed E-state index contributed by atoms with van der Waals surface area (Å²) in [6.07, 6.45) is 9.65. The minimum absolute atomic E-state index is 0.385. The second kappa shape index (κ2) is 3.61. The third-order valence-corrected chi connectivity index (χ3v) is 4.17. The molecule has 2 bridgehead atoms. The van der Waals surface area contributed by atoms with Gasteiger partial charge in [-0.2, -0.15) is 0 Å². The average molecular weight is 182 g/mol. The Morgan fingerprint density at radius 1 is 1.23 bits per heavy atom. The first-order valence-corrected chi connectivity index (χ1v) is 5.83. The van der Waals surface area contributed by atoms with Crippen molar-refractivity contribution in [3.63, 3.8) is 0 Å². The SMILES string of the molecule is CC1(CCO)CC2CCCC(C2)C1. The Morgan fingerprint density at radius 3 is 2.38 bits per heavy atom. The third kappa shape index (κ3) is 2.07. The van der Waals surface area contributed by atoms with Gasteiger partial charge in [0, 0.05) is 6.61 Å². The van der Waals surface area contributed by atoms with E-state index in [1.165, 1.54) is 38.5 Å². The predicted octanol–water partition coefficient (Wildman–Crippen LogP) is 2.98. The van der Waals surface area contributed by atoms with Crippen LogP contribution in [0.4, 0.5) is 0 Å². The van der Waals surface area contributed by atoms with E-state index in [4.69, 9.17) is 5.11 Å². The van der Waals surface area contributed by atoms with Gasteiger partial charge >= 0.3 is 0 Å². The number of fused-ring (bicyclic) bond motifs is 2. The maximum Gasteiger partial charge on any atom is 0.0436 e. The van der Waals surface area contributed by atoms with Crippen LogP contribution in [-0.4, -0.2) is 11.7 Å². The summed E-state index contributed by atoms with van der Waals surface area (Å²) >= 11 is 0. The van der Waals surface area contributed by atoms with Crippen LogP contribution in [0.2, 0.25) is 0 Å². The molecule has 13 heavy (non-hydrogen) atoms. The van der Waals surface area contributed by atoms with Gasteiger partial charge in [-0.15, -0.1) is 0 Å². The maximum atomic E-state index is 9.05. The van der Waals surface area contributed by atoms with Crippen LogP contribution in [0.3, 0.4) is 0 Å². The standard InChI is InChI=1S/C12H22O/c1-12(5-6-13)8-10-3-2-4-11(7-10)9-12/h10-11,13H,2-9H2,1H3. The van der Waals surface area contributed by atoms with Gasteiger partial charge in [-0.3, -0.25) is 0 Å². The second-order valence-electron chi connectivity index (χ2n) is 5.59. The molecule has 2 atom stereocenters. The summed E-state index contributed by atoms with van der Waals surface area (Å²) in [6.45, 7) is 2.77. The van der Waals surface area contributed by atoms with Crippen molar-refractivity contribution in [1.82, 2.24) is 0 Å². The van der Waals surface area contributed by atoms with E-state index in [9.17, 15) is 0 Å². The topological polar surface area (TPSA) is 20.2 Å². The normalized spacial score (nSPS) is 44.8. The Hall–Kier alpha value is -0.0400. The average Bonchev–Trinajstić information content (AvgIpc) is 2.02. The van der Waals surface area contributed by atoms with Crippen molar-refractivity contribution in [2.75, 3.05) is 6.61 Å². The van der Waals surface area contributed by atoms with Crippen molar-refractivity contribution in [3.05, 3.63) is 0 Å². The van der Waals surface area contributed by atoms with Crippen LogP contribution < -0.4 is 0 Å². The van der Waals surface area contributed by atoms with Crippen LogP contribution in [0.1, 0.15) is 51.9 Å². The molecular weight excluding hydrogens is 160 g/mol. The molecule has 2 fully saturated rings. The van der Waals surface area contributed by atoms with Gasteiger partial charge in [-0.05, 0) is 42.9 Å². The van der Waals surface area contributed by atoms with Crippen molar-refractivity contribution in [2.45, 2.75) is 51.9 Å². The minimum Gasteiger partial charge on any atom is -0.396 e. The first-order chi connectivity index (χ1) is 6.22. The fourth-order valence-corrected chi connectivity index (χ4v) is 3.72. The molecule has 0 aromatic rings. The van der Waals surface area contributed by atoms with E-state index in [1.807, 2.05) is 0 Å². The lowest BCUT2D eigenvalue weighted by Gasteiger charge is -2.45. The largest absolute Gasteiger partial charge is 0.396 e. The maximum absolute atomic E-state index is 9.05. The van der Waals surface area contributed by atoms with Crippen molar-refractivity contribution in [1.29, 1.82) is 0 Å². The number of aliphatic hydroxyl groups is 1. The van der Waals surface area contributed by atoms with E-state index < -0.39 is 0 Å². The molecule has 0 spiro atoms. The summed E-state index contributed by atoms with van der Waals surface area (Å²) in [4.78, 5) is 0. The van der Waals surface area contributed by atoms with Gasteiger partial charge in [0.2, 0.25) is 0 Å². The van der Waals surface area contributed by atoms with Crippen molar-refractivity contribution >= 4 is 0 Å². The fraction of sp³-hybridized carbons (Fsp3) is 1.00. The number of aliphatic hydroxyl groups excluding tert-OH is 1. The monoisotopic (exact) mass is 182 g/mol. The van der Waals surface area contributed by atoms with E-state index in [0.29, 0.717) is 12.0 Å². The number of hydrogen-bond donors (Lipinski definition) is 1. The first kappa shape index (κ1) is 9.51. The van der Waals surface area contributed by atoms with Gasteiger partial charge in [0.05, 0.1) is 0 Å². The van der Waals surface area contributed by atoms with Crippen LogP contribution in [0, 0.1) is 17.3 Å². The molecule has 0 aromatic carbocycles. The Labute approximate surface area is 81.5 Å². The van der Waals surface area contributed by atoms with Crippen LogP contribution in [-0.2, 0) is 0 Å². The molecule has 2 aliphatic rings. The molecule has 0 heterocycles. The Bertz CT molecular complexity index is 164. The molecule has 0 saturated heterocycles. The van der Waals surface area contributed by atoms with Gasteiger partial charge in [0.15, 0.2) is 0 Å². The lowest BCUT2D eigenvalue weighted by atomic mass is 9.60. The van der Waals surface area contributed by atoms with E-state index in [0.717, 1.165) is 18.3 Å². The van der Waals surface area contributed by atoms with E-state index in [1.54, 1.807) is 0 Å². The Morgan fingerprint density at radius 2 is 1.85 bits per heavy atom. The molecule has 2 aliphatic carbocycles. The zero-order valence-corrected chi connectivity index (χ0v) is 8.76. The highest BCUT2D eigenvalue weighted by molar-refractivity contribution is 4.89. The van der Waals surface area contributed by atoms with E-state index in [2.05, 4.69) is 6.92 Å². The summed E-state index contributed by atoms with van der Waals surface area (Å²) in [6, 6.07) is 0. The zero-order valence-electron chi connectivity index (χ0n) is 8.76. The van der Waals surface area contributed by atoms with Crippen LogP contribution in [0.25, 0.3) is 0 Å². The van der Waals surface area contributed by atoms with Crippen molar-refractivity contribution < 1.29 is 5.11 Å². The molecule has 1 N–H and O–H groups in total. The second-order valence-corrected chi connectivity index (χ2v) is 5.59. The smallest absolute Gasteiger partial charge is 0.0436 e. The summed E-state index contributed by atoms with van der Waals surface area (Å²) in [5.41, 5.74) is 0.475. The lowest BCUT2D eigenvalue weighted by Crippen LogP contribution is -2.34. The predicted molar refractivity (Wildman–Crippen MR) is 54.5 cm³/mol. The Balaban J connectivity index is 2.00. The molecule has 2 unspecified atom stereocenters. The van der Waals surface area contributed by atoms with Gasteiger partial charge in [-0.1, -0.05) is 26.2 Å². The molecule has 0 radical (unpaired) electrons. The van der Waals surface area contributed by atoms with Crippen molar-refractivity contribution in [3.8, 4) is 0 Å². The fourth-order valence-electron chi connectivity index (χ4n) is 3.72. The molecule has 2 rings (SSSR count). The summed E-state index contributed by atoms with van der Waals surface area (Å²) in [7, 11) is 0. The number of rotatable bonds is 2. The highest BCUT2D eigenvalue weighted by atomic mass is 16.3. The third-order valence-electron chi connectivity index (χ3n) is 4.17. The van der Waals surface area contributed by atoms with E-state index in [-0.39, 0.29) is 0 Å². The molecule has 76 valence electrons. The minimum atomic E-state index is 0.385. The molecule has 1 nitrogen and oxygen atoms in total. The van der Waals surface area contributed by atoms with Gasteiger partial charge < -0.3 is 5.11 Å². The van der Waals surface area contributed by atoms with Crippen LogP contribution in [0.15, 0.2) is 0 Å². The first-order valence-electron chi connectivity index (χ1n) is 5.83.